The van der Waals surface area contributed by atoms with E-state index in [0.29, 0.717) is 0 Å². The largest absolute Gasteiger partial charge is 0.313 e. The van der Waals surface area contributed by atoms with Gasteiger partial charge in [0.05, 0.1) is 5.69 Å². The molecule has 0 unspecified atom stereocenters. The van der Waals surface area contributed by atoms with Gasteiger partial charge in [-0.1, -0.05) is 42.8 Å². The summed E-state index contributed by atoms with van der Waals surface area (Å²) in [7, 11) is 0. The van der Waals surface area contributed by atoms with Crippen molar-refractivity contribution in [2.45, 2.75) is 40.2 Å². The Kier molecular flexibility index (Phi) is 5.31. The molecule has 1 aromatic heterocycles. The van der Waals surface area contributed by atoms with Crippen molar-refractivity contribution in [1.29, 1.82) is 0 Å². The van der Waals surface area contributed by atoms with E-state index in [1.54, 1.807) is 0 Å². The molecule has 0 aliphatic carbocycles. The molecule has 0 fully saturated rings. The molecule has 0 aliphatic heterocycles. The van der Waals surface area contributed by atoms with Crippen LogP contribution in [0.4, 0.5) is 0 Å². The first-order valence-corrected chi connectivity index (χ1v) is 7.93. The molecule has 1 N–H and O–H groups in total. The third-order valence-corrected chi connectivity index (χ3v) is 3.68. The van der Waals surface area contributed by atoms with Crippen LogP contribution < -0.4 is 5.32 Å². The fourth-order valence-electron chi connectivity index (χ4n) is 2.11. The van der Waals surface area contributed by atoms with E-state index in [4.69, 9.17) is 0 Å². The molecule has 20 heavy (non-hydrogen) atoms. The molecular weight excluding hydrogens is 316 g/mol. The van der Waals surface area contributed by atoms with Crippen molar-refractivity contribution in [3.05, 3.63) is 39.9 Å². The van der Waals surface area contributed by atoms with Crippen molar-refractivity contribution in [3.8, 4) is 5.69 Å². The summed E-state index contributed by atoms with van der Waals surface area (Å²) in [4.78, 5) is 4.59. The molecular formula is C15H21BrN4. The minimum absolute atomic E-state index is 0.837. The number of hydrogen-bond donors (Lipinski definition) is 1. The minimum atomic E-state index is 0.837. The lowest BCUT2D eigenvalue weighted by molar-refractivity contribution is 0.709. The zero-order chi connectivity index (χ0) is 14.5. The van der Waals surface area contributed by atoms with E-state index in [9.17, 15) is 0 Å². The number of aryl methyl sites for hydroxylation is 2. The van der Waals surface area contributed by atoms with E-state index in [-0.39, 0.29) is 0 Å². The van der Waals surface area contributed by atoms with Gasteiger partial charge >= 0.3 is 0 Å². The first kappa shape index (κ1) is 15.2. The maximum atomic E-state index is 4.64. The van der Waals surface area contributed by atoms with Crippen molar-refractivity contribution in [2.75, 3.05) is 6.54 Å². The number of benzene rings is 1. The number of rotatable bonds is 6. The van der Waals surface area contributed by atoms with Crippen molar-refractivity contribution >= 4 is 15.9 Å². The quantitative estimate of drug-likeness (QED) is 0.880. The molecule has 0 amide bonds. The maximum absolute atomic E-state index is 4.64. The van der Waals surface area contributed by atoms with Crippen LogP contribution in [0.2, 0.25) is 0 Å². The van der Waals surface area contributed by atoms with Crippen LogP contribution in [-0.2, 0) is 19.4 Å². The molecule has 2 aromatic rings. The summed E-state index contributed by atoms with van der Waals surface area (Å²) in [5.41, 5.74) is 2.33. The van der Waals surface area contributed by atoms with Crippen LogP contribution in [-0.4, -0.2) is 21.3 Å². The van der Waals surface area contributed by atoms with E-state index in [2.05, 4.69) is 70.3 Å². The van der Waals surface area contributed by atoms with Crippen LogP contribution in [0, 0.1) is 0 Å². The molecule has 0 saturated heterocycles. The van der Waals surface area contributed by atoms with Gasteiger partial charge in [0.25, 0.3) is 0 Å². The molecule has 1 aromatic carbocycles. The lowest BCUT2D eigenvalue weighted by Crippen LogP contribution is -2.15. The van der Waals surface area contributed by atoms with E-state index in [1.165, 1.54) is 5.56 Å². The second kappa shape index (κ2) is 6.99. The Balaban J connectivity index is 2.49. The smallest absolute Gasteiger partial charge is 0.151 e. The SMILES string of the molecule is CCNCc1ccc(Br)cc1-n1nc(CC)nc1CC. The van der Waals surface area contributed by atoms with Gasteiger partial charge in [0.2, 0.25) is 0 Å². The van der Waals surface area contributed by atoms with Gasteiger partial charge in [0.1, 0.15) is 5.82 Å². The average molecular weight is 337 g/mol. The zero-order valence-corrected chi connectivity index (χ0v) is 13.9. The molecule has 0 radical (unpaired) electrons. The number of nitrogens with zero attached hydrogens (tertiary/aromatic N) is 3. The van der Waals surface area contributed by atoms with Gasteiger partial charge in [-0.2, -0.15) is 5.10 Å². The minimum Gasteiger partial charge on any atom is -0.313 e. The van der Waals surface area contributed by atoms with E-state index in [1.807, 2.05) is 4.68 Å². The maximum Gasteiger partial charge on any atom is 0.151 e. The first-order chi connectivity index (χ1) is 9.69. The summed E-state index contributed by atoms with van der Waals surface area (Å²) in [6.45, 7) is 8.10. The molecule has 5 heteroatoms. The zero-order valence-electron chi connectivity index (χ0n) is 12.3. The first-order valence-electron chi connectivity index (χ1n) is 7.13. The Morgan fingerprint density at radius 3 is 2.65 bits per heavy atom. The summed E-state index contributed by atoms with van der Waals surface area (Å²) >= 11 is 3.55. The highest BCUT2D eigenvalue weighted by molar-refractivity contribution is 9.10. The lowest BCUT2D eigenvalue weighted by atomic mass is 10.1. The molecule has 0 saturated carbocycles. The standard InChI is InChI=1S/C15H21BrN4/c1-4-14-18-15(5-2)20(19-14)13-9-12(16)8-7-11(13)10-17-6-3/h7-9,17H,4-6,10H2,1-3H3. The number of nitrogens with one attached hydrogen (secondary N) is 1. The topological polar surface area (TPSA) is 42.7 Å². The monoisotopic (exact) mass is 336 g/mol. The Hall–Kier alpha value is -1.20. The van der Waals surface area contributed by atoms with Crippen molar-refractivity contribution in [2.24, 2.45) is 0 Å². The predicted octanol–water partition coefficient (Wildman–Crippen LogP) is 3.26. The highest BCUT2D eigenvalue weighted by Gasteiger charge is 2.13. The molecule has 0 bridgehead atoms. The van der Waals surface area contributed by atoms with Crippen LogP contribution >= 0.6 is 15.9 Å². The number of aromatic nitrogens is 3. The van der Waals surface area contributed by atoms with Crippen LogP contribution in [0.15, 0.2) is 22.7 Å². The van der Waals surface area contributed by atoms with Crippen molar-refractivity contribution in [3.63, 3.8) is 0 Å². The summed E-state index contributed by atoms with van der Waals surface area (Å²) in [6, 6.07) is 6.31. The molecule has 108 valence electrons. The molecule has 1 heterocycles. The number of halogens is 1. The normalized spacial score (nSPS) is 11.0. The second-order valence-corrected chi connectivity index (χ2v) is 5.53. The Morgan fingerprint density at radius 1 is 1.20 bits per heavy atom. The van der Waals surface area contributed by atoms with E-state index >= 15 is 0 Å². The molecule has 2 rings (SSSR count). The fraction of sp³-hybridized carbons (Fsp3) is 0.467. The van der Waals surface area contributed by atoms with Crippen LogP contribution in [0.25, 0.3) is 5.69 Å². The lowest BCUT2D eigenvalue weighted by Gasteiger charge is -2.12. The molecule has 0 atom stereocenters. The fourth-order valence-corrected chi connectivity index (χ4v) is 2.46. The molecule has 4 nitrogen and oxygen atoms in total. The van der Waals surface area contributed by atoms with Gasteiger partial charge < -0.3 is 5.32 Å². The van der Waals surface area contributed by atoms with Crippen molar-refractivity contribution in [1.82, 2.24) is 20.1 Å². The Morgan fingerprint density at radius 2 is 2.00 bits per heavy atom. The summed E-state index contributed by atoms with van der Waals surface area (Å²) in [6.07, 6.45) is 1.73. The van der Waals surface area contributed by atoms with Crippen LogP contribution in [0.1, 0.15) is 38.0 Å². The van der Waals surface area contributed by atoms with Crippen LogP contribution in [0.5, 0.6) is 0 Å². The summed E-state index contributed by atoms with van der Waals surface area (Å²) in [5.74, 6) is 1.91. The number of hydrogen-bond acceptors (Lipinski definition) is 3. The third-order valence-electron chi connectivity index (χ3n) is 3.19. The predicted molar refractivity (Wildman–Crippen MR) is 85.2 cm³/mol. The summed E-state index contributed by atoms with van der Waals surface area (Å²) in [5, 5.41) is 8.01. The van der Waals surface area contributed by atoms with Gasteiger partial charge in [-0.15, -0.1) is 0 Å². The van der Waals surface area contributed by atoms with Gasteiger partial charge in [-0.05, 0) is 24.2 Å². The second-order valence-electron chi connectivity index (χ2n) is 4.62. The Bertz CT molecular complexity index is 577. The van der Waals surface area contributed by atoms with Gasteiger partial charge in [0.15, 0.2) is 5.82 Å². The van der Waals surface area contributed by atoms with Gasteiger partial charge in [-0.25, -0.2) is 9.67 Å². The summed E-state index contributed by atoms with van der Waals surface area (Å²) < 4.78 is 3.04. The van der Waals surface area contributed by atoms with Gasteiger partial charge in [0, 0.05) is 23.9 Å². The van der Waals surface area contributed by atoms with E-state index in [0.717, 1.165) is 47.7 Å². The van der Waals surface area contributed by atoms with Crippen molar-refractivity contribution < 1.29 is 0 Å². The highest BCUT2D eigenvalue weighted by atomic mass is 79.9. The average Bonchev–Trinajstić information content (AvgIpc) is 2.89. The third kappa shape index (κ3) is 3.27. The Labute approximate surface area is 128 Å². The highest BCUT2D eigenvalue weighted by Crippen LogP contribution is 2.21. The molecule has 0 aliphatic rings. The molecule has 0 spiro atoms. The van der Waals surface area contributed by atoms with E-state index < -0.39 is 0 Å². The van der Waals surface area contributed by atoms with Gasteiger partial charge in [-0.3, -0.25) is 0 Å². The van der Waals surface area contributed by atoms with Crippen LogP contribution in [0.3, 0.4) is 0 Å².